The standard InChI is InChI=1S/C13H15BrClN3O/c1-8(15)13-16-10-5-4-9(14)6-11(10)18(13)7-12(19)17(2)3/h4-6,8H,7H2,1-3H3. The average Bonchev–Trinajstić information content (AvgIpc) is 2.67. The molecule has 19 heavy (non-hydrogen) atoms. The number of carbonyl (C=O) groups is 1. The van der Waals surface area contributed by atoms with Gasteiger partial charge in [0.1, 0.15) is 12.4 Å². The van der Waals surface area contributed by atoms with Gasteiger partial charge in [0.2, 0.25) is 5.91 Å². The van der Waals surface area contributed by atoms with Crippen molar-refractivity contribution >= 4 is 44.5 Å². The number of likely N-dealkylation sites (N-methyl/N-ethyl adjacent to an activating group) is 1. The second-order valence-corrected chi connectivity index (χ2v) is 6.16. The number of carbonyl (C=O) groups excluding carboxylic acids is 1. The minimum absolute atomic E-state index is 0.0119. The van der Waals surface area contributed by atoms with E-state index in [1.165, 1.54) is 0 Å². The first-order valence-corrected chi connectivity index (χ1v) is 7.13. The van der Waals surface area contributed by atoms with Crippen LogP contribution in [-0.2, 0) is 11.3 Å². The van der Waals surface area contributed by atoms with Gasteiger partial charge in [0, 0.05) is 18.6 Å². The third-order valence-corrected chi connectivity index (χ3v) is 3.58. The SMILES string of the molecule is CC(Cl)c1nc2ccc(Br)cc2n1CC(=O)N(C)C. The minimum Gasteiger partial charge on any atom is -0.347 e. The van der Waals surface area contributed by atoms with Crippen LogP contribution in [0.15, 0.2) is 22.7 Å². The molecule has 0 bridgehead atoms. The molecule has 1 heterocycles. The number of nitrogens with zero attached hydrogens (tertiary/aromatic N) is 3. The number of aromatic nitrogens is 2. The molecule has 1 unspecified atom stereocenters. The van der Waals surface area contributed by atoms with Crippen molar-refractivity contribution in [2.45, 2.75) is 18.8 Å². The zero-order chi connectivity index (χ0) is 14.2. The van der Waals surface area contributed by atoms with Crippen LogP contribution in [0.1, 0.15) is 18.1 Å². The van der Waals surface area contributed by atoms with E-state index < -0.39 is 0 Å². The Labute approximate surface area is 125 Å². The topological polar surface area (TPSA) is 38.1 Å². The van der Waals surface area contributed by atoms with E-state index in [0.29, 0.717) is 5.82 Å². The normalized spacial score (nSPS) is 12.7. The van der Waals surface area contributed by atoms with Gasteiger partial charge in [-0.15, -0.1) is 11.6 Å². The number of rotatable bonds is 3. The maximum absolute atomic E-state index is 11.9. The summed E-state index contributed by atoms with van der Waals surface area (Å²) < 4.78 is 2.83. The average molecular weight is 345 g/mol. The summed E-state index contributed by atoms with van der Waals surface area (Å²) in [7, 11) is 3.47. The summed E-state index contributed by atoms with van der Waals surface area (Å²) >= 11 is 9.60. The predicted octanol–water partition coefficient (Wildman–Crippen LogP) is 3.19. The highest BCUT2D eigenvalue weighted by molar-refractivity contribution is 9.10. The Morgan fingerprint density at radius 1 is 1.53 bits per heavy atom. The van der Waals surface area contributed by atoms with Crippen LogP contribution < -0.4 is 0 Å². The monoisotopic (exact) mass is 343 g/mol. The van der Waals surface area contributed by atoms with E-state index in [4.69, 9.17) is 11.6 Å². The zero-order valence-corrected chi connectivity index (χ0v) is 13.4. The Morgan fingerprint density at radius 3 is 2.79 bits per heavy atom. The van der Waals surface area contributed by atoms with Gasteiger partial charge in [0.25, 0.3) is 0 Å². The molecule has 0 saturated carbocycles. The first-order chi connectivity index (χ1) is 8.90. The summed E-state index contributed by atoms with van der Waals surface area (Å²) in [6.45, 7) is 2.10. The summed E-state index contributed by atoms with van der Waals surface area (Å²) in [5.74, 6) is 0.725. The molecule has 2 aromatic rings. The van der Waals surface area contributed by atoms with Crippen LogP contribution in [-0.4, -0.2) is 34.5 Å². The van der Waals surface area contributed by atoms with E-state index in [-0.39, 0.29) is 17.8 Å². The lowest BCUT2D eigenvalue weighted by Crippen LogP contribution is -2.27. The van der Waals surface area contributed by atoms with Crippen LogP contribution in [0.25, 0.3) is 11.0 Å². The lowest BCUT2D eigenvalue weighted by atomic mass is 10.3. The van der Waals surface area contributed by atoms with Crippen LogP contribution in [0.5, 0.6) is 0 Å². The van der Waals surface area contributed by atoms with E-state index >= 15 is 0 Å². The summed E-state index contributed by atoms with van der Waals surface area (Å²) in [6, 6.07) is 5.79. The number of fused-ring (bicyclic) bond motifs is 1. The number of amides is 1. The fraction of sp³-hybridized carbons (Fsp3) is 0.385. The predicted molar refractivity (Wildman–Crippen MR) is 80.4 cm³/mol. The summed E-state index contributed by atoms with van der Waals surface area (Å²) in [4.78, 5) is 18.0. The first kappa shape index (κ1) is 14.3. The maximum Gasteiger partial charge on any atom is 0.242 e. The summed E-state index contributed by atoms with van der Waals surface area (Å²) in [5.41, 5.74) is 1.75. The van der Waals surface area contributed by atoms with Crippen molar-refractivity contribution in [1.29, 1.82) is 0 Å². The molecule has 1 aromatic carbocycles. The van der Waals surface area contributed by atoms with Crippen molar-refractivity contribution < 1.29 is 4.79 Å². The van der Waals surface area contributed by atoms with Crippen LogP contribution in [0.2, 0.25) is 0 Å². The Kier molecular flexibility index (Phi) is 4.16. The zero-order valence-electron chi connectivity index (χ0n) is 11.0. The molecule has 1 aromatic heterocycles. The lowest BCUT2D eigenvalue weighted by molar-refractivity contribution is -0.129. The Balaban J connectivity index is 2.57. The van der Waals surface area contributed by atoms with Crippen molar-refractivity contribution in [2.75, 3.05) is 14.1 Å². The lowest BCUT2D eigenvalue weighted by Gasteiger charge is -2.14. The molecule has 0 aliphatic rings. The van der Waals surface area contributed by atoms with Crippen LogP contribution in [0.4, 0.5) is 0 Å². The van der Waals surface area contributed by atoms with Crippen LogP contribution in [0.3, 0.4) is 0 Å². The minimum atomic E-state index is -0.249. The number of benzene rings is 1. The molecule has 4 nitrogen and oxygen atoms in total. The van der Waals surface area contributed by atoms with Gasteiger partial charge in [-0.25, -0.2) is 4.98 Å². The second-order valence-electron chi connectivity index (χ2n) is 4.59. The first-order valence-electron chi connectivity index (χ1n) is 5.90. The molecule has 0 aliphatic carbocycles. The Hall–Kier alpha value is -1.07. The summed E-state index contributed by atoms with van der Waals surface area (Å²) in [6.07, 6.45) is 0. The van der Waals surface area contributed by atoms with Gasteiger partial charge in [-0.05, 0) is 25.1 Å². The van der Waals surface area contributed by atoms with E-state index in [1.807, 2.05) is 29.7 Å². The molecular formula is C13H15BrClN3O. The van der Waals surface area contributed by atoms with Gasteiger partial charge < -0.3 is 9.47 Å². The number of imidazole rings is 1. The van der Waals surface area contributed by atoms with Gasteiger partial charge in [-0.1, -0.05) is 15.9 Å². The quantitative estimate of drug-likeness (QED) is 0.802. The van der Waals surface area contributed by atoms with E-state index in [1.54, 1.807) is 19.0 Å². The molecule has 2 rings (SSSR count). The molecule has 1 atom stereocenters. The molecule has 102 valence electrons. The van der Waals surface area contributed by atoms with Crippen LogP contribution >= 0.6 is 27.5 Å². The van der Waals surface area contributed by atoms with Gasteiger partial charge in [0.15, 0.2) is 0 Å². The van der Waals surface area contributed by atoms with Crippen molar-refractivity contribution in [3.8, 4) is 0 Å². The summed E-state index contributed by atoms with van der Waals surface area (Å²) in [5, 5.41) is -0.249. The third kappa shape index (κ3) is 2.92. The fourth-order valence-corrected chi connectivity index (χ4v) is 2.38. The molecule has 0 radical (unpaired) electrons. The number of hydrogen-bond donors (Lipinski definition) is 0. The van der Waals surface area contributed by atoms with Crippen molar-refractivity contribution in [2.24, 2.45) is 0 Å². The number of alkyl halides is 1. The molecule has 0 saturated heterocycles. The fourth-order valence-electron chi connectivity index (χ4n) is 1.86. The van der Waals surface area contributed by atoms with Crippen LogP contribution in [0, 0.1) is 0 Å². The number of halogens is 2. The molecule has 1 amide bonds. The highest BCUT2D eigenvalue weighted by Crippen LogP contribution is 2.26. The molecule has 0 spiro atoms. The highest BCUT2D eigenvalue weighted by atomic mass is 79.9. The molecule has 0 N–H and O–H groups in total. The number of hydrogen-bond acceptors (Lipinski definition) is 2. The van der Waals surface area contributed by atoms with Gasteiger partial charge in [-0.3, -0.25) is 4.79 Å². The third-order valence-electron chi connectivity index (χ3n) is 2.89. The second kappa shape index (κ2) is 5.51. The highest BCUT2D eigenvalue weighted by Gasteiger charge is 2.17. The van der Waals surface area contributed by atoms with Gasteiger partial charge in [0.05, 0.1) is 16.4 Å². The Bertz CT molecular complexity index is 622. The maximum atomic E-state index is 11.9. The molecule has 0 aliphatic heterocycles. The van der Waals surface area contributed by atoms with E-state index in [2.05, 4.69) is 20.9 Å². The van der Waals surface area contributed by atoms with Crippen molar-refractivity contribution in [3.05, 3.63) is 28.5 Å². The largest absolute Gasteiger partial charge is 0.347 e. The van der Waals surface area contributed by atoms with Crippen molar-refractivity contribution in [3.63, 3.8) is 0 Å². The van der Waals surface area contributed by atoms with Gasteiger partial charge >= 0.3 is 0 Å². The smallest absolute Gasteiger partial charge is 0.242 e. The van der Waals surface area contributed by atoms with Gasteiger partial charge in [-0.2, -0.15) is 0 Å². The molecular weight excluding hydrogens is 330 g/mol. The molecule has 6 heteroatoms. The van der Waals surface area contributed by atoms with Crippen molar-refractivity contribution in [1.82, 2.24) is 14.5 Å². The van der Waals surface area contributed by atoms with E-state index in [9.17, 15) is 4.79 Å². The van der Waals surface area contributed by atoms with E-state index in [0.717, 1.165) is 15.5 Å². The Morgan fingerprint density at radius 2 is 2.21 bits per heavy atom. The molecule has 0 fully saturated rings.